The van der Waals surface area contributed by atoms with Crippen LogP contribution in [-0.2, 0) is 29.5 Å². The molecule has 2 aliphatic rings. The summed E-state index contributed by atoms with van der Waals surface area (Å²) in [7, 11) is 1.20. The predicted molar refractivity (Wildman–Crippen MR) is 193 cm³/mol. The Bertz CT molecular complexity index is 2040. The van der Waals surface area contributed by atoms with Crippen LogP contribution in [0.4, 0.5) is 9.18 Å². The highest BCUT2D eigenvalue weighted by Gasteiger charge is 2.57. The number of aromatic amines is 1. The van der Waals surface area contributed by atoms with E-state index in [1.54, 1.807) is 67.9 Å². The lowest BCUT2D eigenvalue weighted by Crippen LogP contribution is -2.68. The maximum absolute atomic E-state index is 15.7. The van der Waals surface area contributed by atoms with Crippen LogP contribution in [0.2, 0.25) is 0 Å². The number of ether oxygens (including phenoxy) is 2. The van der Waals surface area contributed by atoms with E-state index >= 15 is 4.39 Å². The fourth-order valence-corrected chi connectivity index (χ4v) is 7.35. The Hall–Kier alpha value is -5.55. The Morgan fingerprint density at radius 2 is 1.78 bits per heavy atom. The van der Waals surface area contributed by atoms with Crippen LogP contribution in [0, 0.1) is 17.7 Å². The molecule has 6 rings (SSSR count). The summed E-state index contributed by atoms with van der Waals surface area (Å²) < 4.78 is 27.4. The Balaban J connectivity index is 1.22. The van der Waals surface area contributed by atoms with Crippen LogP contribution >= 0.6 is 0 Å². The van der Waals surface area contributed by atoms with Gasteiger partial charge >= 0.3 is 12.1 Å². The second-order valence-electron chi connectivity index (χ2n) is 14.3. The van der Waals surface area contributed by atoms with E-state index in [0.29, 0.717) is 60.7 Å². The zero-order valence-electron chi connectivity index (χ0n) is 30.8. The van der Waals surface area contributed by atoms with Crippen molar-refractivity contribution in [3.8, 4) is 33.9 Å². The van der Waals surface area contributed by atoms with Crippen molar-refractivity contribution in [3.63, 3.8) is 0 Å². The Morgan fingerprint density at radius 3 is 2.39 bits per heavy atom. The molecule has 0 spiro atoms. The number of likely N-dealkylation sites (tertiary alicyclic amines) is 1. The van der Waals surface area contributed by atoms with Gasteiger partial charge in [0.05, 0.1) is 43.3 Å². The summed E-state index contributed by atoms with van der Waals surface area (Å²) >= 11 is 0. The molecule has 1 aromatic carbocycles. The summed E-state index contributed by atoms with van der Waals surface area (Å²) in [6.45, 7) is 7.90. The van der Waals surface area contributed by atoms with Crippen molar-refractivity contribution in [1.29, 1.82) is 0 Å². The maximum atomic E-state index is 15.7. The normalized spacial score (nSPS) is 20.2. The van der Waals surface area contributed by atoms with E-state index < -0.39 is 52.9 Å². The quantitative estimate of drug-likeness (QED) is 0.121. The molecule has 6 N–H and O–H groups in total. The van der Waals surface area contributed by atoms with E-state index in [-0.39, 0.29) is 23.2 Å². The highest BCUT2D eigenvalue weighted by Crippen LogP contribution is 2.37. The number of nitrogens with one attached hydrogen (secondary N) is 2. The molecule has 2 fully saturated rings. The van der Waals surface area contributed by atoms with Crippen LogP contribution in [0.15, 0.2) is 49.3 Å². The average molecular weight is 745 g/mol. The third kappa shape index (κ3) is 6.72. The van der Waals surface area contributed by atoms with Crippen molar-refractivity contribution < 1.29 is 33.0 Å². The first kappa shape index (κ1) is 38.2. The molecule has 0 bridgehead atoms. The lowest BCUT2D eigenvalue weighted by molar-refractivity contribution is -0.157. The molecule has 2 amide bonds. The number of amides is 2. The molecule has 4 aromatic rings. The predicted octanol–water partition coefficient (Wildman–Crippen LogP) is 3.45. The molecule has 54 heavy (non-hydrogen) atoms. The number of primary amides is 1. The first-order valence-electron chi connectivity index (χ1n) is 17.9. The Kier molecular flexibility index (Phi) is 10.6. The minimum atomic E-state index is -1.92. The van der Waals surface area contributed by atoms with Crippen molar-refractivity contribution in [2.24, 2.45) is 23.3 Å². The van der Waals surface area contributed by atoms with Crippen molar-refractivity contribution in [1.82, 2.24) is 39.7 Å². The van der Waals surface area contributed by atoms with Gasteiger partial charge in [0, 0.05) is 35.6 Å². The van der Waals surface area contributed by atoms with Gasteiger partial charge in [-0.15, -0.1) is 0 Å². The van der Waals surface area contributed by atoms with E-state index in [2.05, 4.69) is 30.2 Å². The van der Waals surface area contributed by atoms with E-state index in [4.69, 9.17) is 20.9 Å². The fraction of sp³-hybridized carbons (Fsp3) is 0.459. The number of methoxy groups -OCH3 is 1. The SMILES string of the molecule is COC(=O)[C@@](N)(C(=O)[C@@]1(n2cncc2-c2cnc(-c3ccc(-c4cnc([C@@H]5CCCN5C(=O)[C@@H](OC(N)=O)C(C)C)[nH]4)c(F)c3)nc2)CCCN1)C(C)C. The molecule has 0 unspecified atom stereocenters. The minimum absolute atomic E-state index is 0.259. The number of halogens is 1. The molecule has 5 heterocycles. The second kappa shape index (κ2) is 15.1. The van der Waals surface area contributed by atoms with Crippen LogP contribution in [0.3, 0.4) is 0 Å². The molecule has 0 aliphatic carbocycles. The van der Waals surface area contributed by atoms with E-state index in [1.165, 1.54) is 25.7 Å². The molecule has 16 nitrogen and oxygen atoms in total. The average Bonchev–Trinajstić information content (AvgIpc) is 3.99. The van der Waals surface area contributed by atoms with Crippen LogP contribution in [-0.4, -0.2) is 90.0 Å². The van der Waals surface area contributed by atoms with E-state index in [9.17, 15) is 19.2 Å². The largest absolute Gasteiger partial charge is 0.467 e. The van der Waals surface area contributed by atoms with Crippen LogP contribution in [0.25, 0.3) is 33.9 Å². The molecule has 2 saturated heterocycles. The number of esters is 1. The van der Waals surface area contributed by atoms with Gasteiger partial charge in [0.15, 0.2) is 23.1 Å². The van der Waals surface area contributed by atoms with Crippen molar-refractivity contribution in [2.75, 3.05) is 20.2 Å². The van der Waals surface area contributed by atoms with Gasteiger partial charge in [0.2, 0.25) is 5.78 Å². The van der Waals surface area contributed by atoms with Gasteiger partial charge in [-0.05, 0) is 56.2 Å². The number of benzene rings is 1. The second-order valence-corrected chi connectivity index (χ2v) is 14.3. The smallest absolute Gasteiger partial charge is 0.405 e. The highest BCUT2D eigenvalue weighted by molar-refractivity contribution is 6.12. The van der Waals surface area contributed by atoms with Crippen LogP contribution in [0.5, 0.6) is 0 Å². The zero-order chi connectivity index (χ0) is 38.9. The number of imidazole rings is 2. The molecular weight excluding hydrogens is 699 g/mol. The topological polar surface area (TPSA) is 226 Å². The standard InChI is InChI=1S/C37H45FN10O6/c1-20(2)29(54-35(39)52)32(49)47-13-6-8-27(47)31-44-17-26(46-31)24-10-9-22(14-25(24)38)30-42-15-23(16-43-30)28-18-41-19-48(28)36(11-7-12-45-36)33(50)37(40,21(3)4)34(51)53-5/h9-10,14-21,27,29,45H,6-8,11-13,40H2,1-5H3,(H2,39,52)(H,44,46)/t27-,29-,36-,37-/m0/s1. The number of carbonyl (C=O) groups excluding carboxylic acids is 4. The fourth-order valence-electron chi connectivity index (χ4n) is 7.35. The summed E-state index contributed by atoms with van der Waals surface area (Å²) in [5.41, 5.74) is 10.6. The van der Waals surface area contributed by atoms with Gasteiger partial charge in [0.25, 0.3) is 5.91 Å². The number of Topliss-reactive ketones (excluding diaryl/α,β-unsaturated/α-hetero) is 1. The number of rotatable bonds is 12. The number of hydrogen-bond donors (Lipinski definition) is 4. The number of carbonyl (C=O) groups is 4. The van der Waals surface area contributed by atoms with E-state index in [1.807, 2.05) is 0 Å². The lowest BCUT2D eigenvalue weighted by atomic mass is 9.77. The maximum Gasteiger partial charge on any atom is 0.405 e. The van der Waals surface area contributed by atoms with Gasteiger partial charge in [-0.1, -0.05) is 33.8 Å². The first-order valence-corrected chi connectivity index (χ1v) is 17.9. The van der Waals surface area contributed by atoms with Gasteiger partial charge in [0.1, 0.15) is 11.6 Å². The summed E-state index contributed by atoms with van der Waals surface area (Å²) in [5, 5.41) is 3.28. The minimum Gasteiger partial charge on any atom is -0.467 e. The molecule has 0 radical (unpaired) electrons. The summed E-state index contributed by atoms with van der Waals surface area (Å²) in [6, 6.07) is 4.20. The number of nitrogens with two attached hydrogens (primary N) is 2. The zero-order valence-corrected chi connectivity index (χ0v) is 30.8. The number of H-pyrrole nitrogens is 1. The molecule has 4 atom stereocenters. The molecule has 0 saturated carbocycles. The van der Waals surface area contributed by atoms with Gasteiger partial charge in [-0.2, -0.15) is 0 Å². The molecular formula is C37H45FN10O6. The number of aromatic nitrogens is 6. The van der Waals surface area contributed by atoms with Crippen LogP contribution in [0.1, 0.15) is 65.2 Å². The van der Waals surface area contributed by atoms with Gasteiger partial charge < -0.3 is 35.4 Å². The van der Waals surface area contributed by atoms with Crippen molar-refractivity contribution in [2.45, 2.75) is 76.7 Å². The van der Waals surface area contributed by atoms with Gasteiger partial charge in [-0.3, -0.25) is 14.9 Å². The van der Waals surface area contributed by atoms with Crippen molar-refractivity contribution >= 4 is 23.8 Å². The highest BCUT2D eigenvalue weighted by atomic mass is 19.1. The lowest BCUT2D eigenvalue weighted by Gasteiger charge is -2.39. The Morgan fingerprint density at radius 1 is 1.04 bits per heavy atom. The molecule has 17 heteroatoms. The summed E-state index contributed by atoms with van der Waals surface area (Å²) in [5.74, 6) is -2.36. The molecule has 3 aromatic heterocycles. The first-order chi connectivity index (χ1) is 25.7. The monoisotopic (exact) mass is 744 g/mol. The summed E-state index contributed by atoms with van der Waals surface area (Å²) in [6.07, 6.45) is 8.03. The number of ketones is 1. The molecule has 2 aliphatic heterocycles. The number of hydrogen-bond acceptors (Lipinski definition) is 12. The van der Waals surface area contributed by atoms with Crippen molar-refractivity contribution in [3.05, 3.63) is 61.0 Å². The van der Waals surface area contributed by atoms with Gasteiger partial charge in [-0.25, -0.2) is 33.9 Å². The van der Waals surface area contributed by atoms with Crippen LogP contribution < -0.4 is 16.8 Å². The Labute approximate surface area is 311 Å². The summed E-state index contributed by atoms with van der Waals surface area (Å²) in [4.78, 5) is 74.5. The molecule has 286 valence electrons. The third-order valence-corrected chi connectivity index (χ3v) is 10.4. The number of nitrogens with zero attached hydrogens (tertiary/aromatic N) is 6. The third-order valence-electron chi connectivity index (χ3n) is 10.4. The van der Waals surface area contributed by atoms with E-state index in [0.717, 1.165) is 6.42 Å².